The van der Waals surface area contributed by atoms with Crippen LogP contribution in [-0.4, -0.2) is 54.4 Å². The number of ether oxygens (including phenoxy) is 1. The molecule has 0 aliphatic heterocycles. The van der Waals surface area contributed by atoms with Crippen LogP contribution in [-0.2, 0) is 27.5 Å². The highest BCUT2D eigenvalue weighted by atomic mass is 32.2. The number of hydrogen-bond donors (Lipinski definition) is 3. The molecule has 0 spiro atoms. The number of fused-ring (bicyclic) bond motifs is 3. The second-order valence-corrected chi connectivity index (χ2v) is 11.0. The fourth-order valence-electron chi connectivity index (χ4n) is 4.30. The van der Waals surface area contributed by atoms with E-state index in [-0.39, 0.29) is 23.3 Å². The van der Waals surface area contributed by atoms with Crippen molar-refractivity contribution < 1.29 is 26.7 Å². The minimum absolute atomic E-state index is 0.00233. The summed E-state index contributed by atoms with van der Waals surface area (Å²) in [7, 11) is -3.07. The Kier molecular flexibility index (Phi) is 7.20. The average Bonchev–Trinajstić information content (AvgIpc) is 3.16. The summed E-state index contributed by atoms with van der Waals surface area (Å²) >= 11 is 0. The minimum atomic E-state index is -3.07. The molecule has 2 heterocycles. The second-order valence-electron chi connectivity index (χ2n) is 8.75. The van der Waals surface area contributed by atoms with Gasteiger partial charge in [0.15, 0.2) is 0 Å². The molecule has 12 heteroatoms. The molecule has 0 saturated heterocycles. The van der Waals surface area contributed by atoms with Crippen LogP contribution in [0.5, 0.6) is 5.75 Å². The van der Waals surface area contributed by atoms with Crippen molar-refractivity contribution in [3.63, 3.8) is 0 Å². The largest absolute Gasteiger partial charge is 0.433 e. The van der Waals surface area contributed by atoms with E-state index in [0.717, 1.165) is 16.8 Å². The molecule has 3 N–H and O–H groups in total. The van der Waals surface area contributed by atoms with E-state index >= 15 is 0 Å². The standard InChI is InChI=1S/C23H27F2N5O4S/c1-13-4-6-17(18(10-13)34-23(24)25)30-21-19-15-11-14(22(31)26-8-3-9-35(2,32)33)5-7-16(15)29-20(19)27-12-28-21/h4,6,10,12,14,23H,3,5,7-9,11H2,1-2H3,(H,26,31)(H2,27,28,29,30)/t14-/m0/s1. The zero-order valence-electron chi connectivity index (χ0n) is 19.4. The lowest BCUT2D eigenvalue weighted by molar-refractivity contribution is -0.125. The molecule has 2 aromatic heterocycles. The predicted octanol–water partition coefficient (Wildman–Crippen LogP) is 3.27. The van der Waals surface area contributed by atoms with Crippen LogP contribution in [0.2, 0.25) is 0 Å². The third-order valence-electron chi connectivity index (χ3n) is 5.94. The topological polar surface area (TPSA) is 126 Å². The Morgan fingerprint density at radius 3 is 2.86 bits per heavy atom. The number of amides is 1. The summed E-state index contributed by atoms with van der Waals surface area (Å²) in [6.45, 7) is -0.904. The van der Waals surface area contributed by atoms with E-state index < -0.39 is 16.4 Å². The van der Waals surface area contributed by atoms with Crippen LogP contribution < -0.4 is 15.4 Å². The summed E-state index contributed by atoms with van der Waals surface area (Å²) in [6, 6.07) is 4.94. The van der Waals surface area contributed by atoms with Gasteiger partial charge in [-0.3, -0.25) is 4.79 Å². The Bertz CT molecular complexity index is 1340. The molecular formula is C23H27F2N5O4S. The lowest BCUT2D eigenvalue weighted by Gasteiger charge is -2.22. The maximum Gasteiger partial charge on any atom is 0.387 e. The number of nitrogens with zero attached hydrogens (tertiary/aromatic N) is 2. The molecule has 1 aliphatic rings. The predicted molar refractivity (Wildman–Crippen MR) is 128 cm³/mol. The van der Waals surface area contributed by atoms with Crippen molar-refractivity contribution in [2.45, 2.75) is 39.2 Å². The molecule has 1 atom stereocenters. The number of sulfone groups is 1. The maximum absolute atomic E-state index is 12.9. The van der Waals surface area contributed by atoms with Gasteiger partial charge in [-0.25, -0.2) is 18.4 Å². The van der Waals surface area contributed by atoms with Crippen molar-refractivity contribution in [2.24, 2.45) is 5.92 Å². The first-order valence-corrected chi connectivity index (χ1v) is 13.3. The Morgan fingerprint density at radius 1 is 1.31 bits per heavy atom. The molecular weight excluding hydrogens is 480 g/mol. The van der Waals surface area contributed by atoms with Gasteiger partial charge in [0.05, 0.1) is 16.8 Å². The number of nitrogens with one attached hydrogen (secondary N) is 3. The molecule has 188 valence electrons. The van der Waals surface area contributed by atoms with E-state index in [1.807, 2.05) is 0 Å². The molecule has 3 aromatic rings. The van der Waals surface area contributed by atoms with Gasteiger partial charge < -0.3 is 20.4 Å². The number of hydrogen-bond acceptors (Lipinski definition) is 7. The third-order valence-corrected chi connectivity index (χ3v) is 6.97. The molecule has 0 unspecified atom stereocenters. The van der Waals surface area contributed by atoms with E-state index in [2.05, 4.69) is 30.3 Å². The number of alkyl halides is 2. The summed E-state index contributed by atoms with van der Waals surface area (Å²) < 4.78 is 53.1. The normalized spacial score (nSPS) is 15.7. The first-order chi connectivity index (χ1) is 16.6. The quantitative estimate of drug-likeness (QED) is 0.380. The number of rotatable bonds is 9. The maximum atomic E-state index is 12.9. The summed E-state index contributed by atoms with van der Waals surface area (Å²) in [4.78, 5) is 24.7. The number of anilines is 2. The zero-order chi connectivity index (χ0) is 25.2. The fourth-order valence-corrected chi connectivity index (χ4v) is 4.97. The Labute approximate surface area is 201 Å². The summed E-state index contributed by atoms with van der Waals surface area (Å²) in [6.07, 6.45) is 4.62. The number of halogens is 2. The molecule has 1 amide bonds. The van der Waals surface area contributed by atoms with Gasteiger partial charge in [-0.2, -0.15) is 8.78 Å². The molecule has 0 bridgehead atoms. The average molecular weight is 508 g/mol. The van der Waals surface area contributed by atoms with Crippen molar-refractivity contribution in [1.82, 2.24) is 20.3 Å². The molecule has 0 fully saturated rings. The minimum Gasteiger partial charge on any atom is -0.433 e. The van der Waals surface area contributed by atoms with Crippen LogP contribution in [0.25, 0.3) is 11.0 Å². The molecule has 0 saturated carbocycles. The molecule has 35 heavy (non-hydrogen) atoms. The highest BCUT2D eigenvalue weighted by molar-refractivity contribution is 7.90. The van der Waals surface area contributed by atoms with Gasteiger partial charge >= 0.3 is 6.61 Å². The van der Waals surface area contributed by atoms with E-state index in [9.17, 15) is 22.0 Å². The highest BCUT2D eigenvalue weighted by Crippen LogP contribution is 2.37. The van der Waals surface area contributed by atoms with Gasteiger partial charge in [0.25, 0.3) is 0 Å². The lowest BCUT2D eigenvalue weighted by Crippen LogP contribution is -2.35. The van der Waals surface area contributed by atoms with Gasteiger partial charge in [-0.15, -0.1) is 0 Å². The Balaban J connectivity index is 1.56. The van der Waals surface area contributed by atoms with Crippen molar-refractivity contribution in [2.75, 3.05) is 23.9 Å². The van der Waals surface area contributed by atoms with Crippen molar-refractivity contribution in [1.29, 1.82) is 0 Å². The summed E-state index contributed by atoms with van der Waals surface area (Å²) in [5.41, 5.74) is 3.54. The van der Waals surface area contributed by atoms with Gasteiger partial charge in [-0.1, -0.05) is 6.07 Å². The van der Waals surface area contributed by atoms with Crippen molar-refractivity contribution in [3.8, 4) is 5.75 Å². The molecule has 1 aromatic carbocycles. The van der Waals surface area contributed by atoms with E-state index in [0.29, 0.717) is 54.8 Å². The van der Waals surface area contributed by atoms with Crippen molar-refractivity contribution >= 4 is 38.3 Å². The number of aromatic nitrogens is 3. The first-order valence-electron chi connectivity index (χ1n) is 11.2. The molecule has 0 radical (unpaired) electrons. The molecule has 1 aliphatic carbocycles. The van der Waals surface area contributed by atoms with Gasteiger partial charge in [-0.05, 0) is 55.9 Å². The second kappa shape index (κ2) is 10.1. The van der Waals surface area contributed by atoms with E-state index in [1.165, 1.54) is 18.6 Å². The summed E-state index contributed by atoms with van der Waals surface area (Å²) in [5.74, 6) is 0.0285. The fraction of sp³-hybridized carbons (Fsp3) is 0.435. The number of carbonyl (C=O) groups excluding carboxylic acids is 1. The van der Waals surface area contributed by atoms with Crippen LogP contribution in [0.15, 0.2) is 24.5 Å². The SMILES string of the molecule is Cc1ccc(Nc2ncnc3[nH]c4c(c23)C[C@@H](C(=O)NCCCS(C)(=O)=O)CC4)c(OC(F)F)c1. The zero-order valence-corrected chi connectivity index (χ0v) is 20.2. The van der Waals surface area contributed by atoms with Gasteiger partial charge in [0, 0.05) is 24.4 Å². The number of H-pyrrole nitrogens is 1. The van der Waals surface area contributed by atoms with Crippen LogP contribution >= 0.6 is 0 Å². The van der Waals surface area contributed by atoms with Crippen LogP contribution in [0.4, 0.5) is 20.3 Å². The Morgan fingerprint density at radius 2 is 2.11 bits per heavy atom. The van der Waals surface area contributed by atoms with Crippen molar-refractivity contribution in [3.05, 3.63) is 41.3 Å². The van der Waals surface area contributed by atoms with E-state index in [4.69, 9.17) is 0 Å². The number of benzene rings is 1. The lowest BCUT2D eigenvalue weighted by atomic mass is 9.86. The smallest absolute Gasteiger partial charge is 0.387 e. The first kappa shape index (κ1) is 24.8. The molecule has 9 nitrogen and oxygen atoms in total. The van der Waals surface area contributed by atoms with Gasteiger partial charge in [0.2, 0.25) is 5.91 Å². The van der Waals surface area contributed by atoms with E-state index in [1.54, 1.807) is 19.1 Å². The third kappa shape index (κ3) is 6.05. The number of carbonyl (C=O) groups is 1. The number of aryl methyl sites for hydroxylation is 2. The Hall–Kier alpha value is -3.28. The van der Waals surface area contributed by atoms with Crippen LogP contribution in [0.1, 0.15) is 29.7 Å². The van der Waals surface area contributed by atoms with Crippen LogP contribution in [0, 0.1) is 12.8 Å². The van der Waals surface area contributed by atoms with Crippen LogP contribution in [0.3, 0.4) is 0 Å². The monoisotopic (exact) mass is 507 g/mol. The van der Waals surface area contributed by atoms with Gasteiger partial charge in [0.1, 0.15) is 33.4 Å². The molecule has 4 rings (SSSR count). The number of aromatic amines is 1. The highest BCUT2D eigenvalue weighted by Gasteiger charge is 2.29. The summed E-state index contributed by atoms with van der Waals surface area (Å²) in [5, 5.41) is 6.63.